The van der Waals surface area contributed by atoms with E-state index in [0.717, 1.165) is 6.07 Å². The van der Waals surface area contributed by atoms with Crippen molar-refractivity contribution in [3.05, 3.63) is 47.1 Å². The fraction of sp³-hybridized carbons (Fsp3) is 0.273. The minimum Gasteiger partial charge on any atom is -0.338 e. The first-order valence-corrected chi connectivity index (χ1v) is 5.08. The maximum Gasteiger partial charge on any atom is 0.240 e. The number of benzene rings is 1. The topological polar surface area (TPSA) is 51.0 Å². The molecule has 4 nitrogen and oxygen atoms in total. The molecule has 0 spiro atoms. The summed E-state index contributed by atoms with van der Waals surface area (Å²) in [4.78, 5) is 4.07. The normalized spacial score (nSPS) is 10.8. The highest BCUT2D eigenvalue weighted by Gasteiger charge is 2.08. The van der Waals surface area contributed by atoms with Gasteiger partial charge in [0.25, 0.3) is 0 Å². The first-order chi connectivity index (χ1) is 8.17. The van der Waals surface area contributed by atoms with Crippen LogP contribution in [0.4, 0.5) is 8.78 Å². The van der Waals surface area contributed by atoms with Gasteiger partial charge >= 0.3 is 0 Å². The maximum atomic E-state index is 12.9. The summed E-state index contributed by atoms with van der Waals surface area (Å²) in [6, 6.07) is 3.32. The molecule has 0 aliphatic heterocycles. The maximum absolute atomic E-state index is 12.9. The Morgan fingerprint density at radius 3 is 2.59 bits per heavy atom. The molecular weight excluding hydrogens is 228 g/mol. The first-order valence-electron chi connectivity index (χ1n) is 5.08. The van der Waals surface area contributed by atoms with Crippen molar-refractivity contribution in [2.24, 2.45) is 0 Å². The standard InChI is InChI=1S/C11H11F2N3O/c1-14-6-11-15-10(16-17-11)4-7-2-8(12)5-9(13)3-7/h2-3,5,14H,4,6H2,1H3. The highest BCUT2D eigenvalue weighted by molar-refractivity contribution is 5.20. The van der Waals surface area contributed by atoms with Crippen molar-refractivity contribution < 1.29 is 13.3 Å². The third-order valence-corrected chi connectivity index (χ3v) is 2.12. The zero-order chi connectivity index (χ0) is 12.3. The van der Waals surface area contributed by atoms with Crippen LogP contribution in [-0.2, 0) is 13.0 Å². The van der Waals surface area contributed by atoms with Gasteiger partial charge in [0.15, 0.2) is 5.82 Å². The van der Waals surface area contributed by atoms with Gasteiger partial charge in [-0.15, -0.1) is 0 Å². The number of hydrogen-bond donors (Lipinski definition) is 1. The van der Waals surface area contributed by atoms with E-state index in [4.69, 9.17) is 4.52 Å². The molecule has 0 fully saturated rings. The van der Waals surface area contributed by atoms with Gasteiger partial charge in [0.1, 0.15) is 11.6 Å². The highest BCUT2D eigenvalue weighted by Crippen LogP contribution is 2.11. The van der Waals surface area contributed by atoms with Gasteiger partial charge < -0.3 is 9.84 Å². The molecule has 90 valence electrons. The van der Waals surface area contributed by atoms with Gasteiger partial charge in [0, 0.05) is 12.5 Å². The van der Waals surface area contributed by atoms with Crippen LogP contribution in [0, 0.1) is 11.6 Å². The van der Waals surface area contributed by atoms with E-state index in [2.05, 4.69) is 15.5 Å². The second-order valence-corrected chi connectivity index (χ2v) is 3.59. The molecule has 1 N–H and O–H groups in total. The van der Waals surface area contributed by atoms with E-state index in [1.54, 1.807) is 7.05 Å². The van der Waals surface area contributed by atoms with Crippen LogP contribution in [0.25, 0.3) is 0 Å². The lowest BCUT2D eigenvalue weighted by Crippen LogP contribution is -2.05. The molecule has 17 heavy (non-hydrogen) atoms. The van der Waals surface area contributed by atoms with Gasteiger partial charge in [-0.05, 0) is 24.7 Å². The van der Waals surface area contributed by atoms with Crippen molar-refractivity contribution in [3.63, 3.8) is 0 Å². The molecule has 0 unspecified atom stereocenters. The van der Waals surface area contributed by atoms with Crippen LogP contribution in [0.3, 0.4) is 0 Å². The number of nitrogens with zero attached hydrogens (tertiary/aromatic N) is 2. The minimum absolute atomic E-state index is 0.238. The van der Waals surface area contributed by atoms with Gasteiger partial charge in [-0.2, -0.15) is 4.98 Å². The number of nitrogens with one attached hydrogen (secondary N) is 1. The molecule has 0 amide bonds. The Hall–Kier alpha value is -1.82. The lowest BCUT2D eigenvalue weighted by molar-refractivity contribution is 0.367. The van der Waals surface area contributed by atoms with E-state index in [-0.39, 0.29) is 6.42 Å². The molecule has 0 saturated heterocycles. The zero-order valence-electron chi connectivity index (χ0n) is 9.20. The molecule has 0 aliphatic rings. The molecule has 1 aromatic carbocycles. The van der Waals surface area contributed by atoms with Crippen LogP contribution in [-0.4, -0.2) is 17.2 Å². The quantitative estimate of drug-likeness (QED) is 0.881. The Labute approximate surface area is 96.6 Å². The SMILES string of the molecule is CNCc1nc(Cc2cc(F)cc(F)c2)no1. The van der Waals surface area contributed by atoms with Crippen molar-refractivity contribution in [2.75, 3.05) is 7.05 Å². The van der Waals surface area contributed by atoms with Gasteiger partial charge in [0.05, 0.1) is 6.54 Å². The summed E-state index contributed by atoms with van der Waals surface area (Å²) >= 11 is 0. The Bertz CT molecular complexity index is 493. The van der Waals surface area contributed by atoms with E-state index in [1.165, 1.54) is 12.1 Å². The van der Waals surface area contributed by atoms with Crippen molar-refractivity contribution in [2.45, 2.75) is 13.0 Å². The van der Waals surface area contributed by atoms with Crippen molar-refractivity contribution in [1.82, 2.24) is 15.5 Å². The second-order valence-electron chi connectivity index (χ2n) is 3.59. The Morgan fingerprint density at radius 1 is 1.24 bits per heavy atom. The molecule has 1 heterocycles. The molecule has 0 aliphatic carbocycles. The Balaban J connectivity index is 2.13. The highest BCUT2D eigenvalue weighted by atomic mass is 19.1. The third kappa shape index (κ3) is 3.07. The fourth-order valence-electron chi connectivity index (χ4n) is 1.48. The van der Waals surface area contributed by atoms with Crippen LogP contribution in [0.15, 0.2) is 22.7 Å². The molecule has 0 atom stereocenters. The minimum atomic E-state index is -0.612. The second kappa shape index (κ2) is 5.01. The van der Waals surface area contributed by atoms with Crippen molar-refractivity contribution in [1.29, 1.82) is 0 Å². The van der Waals surface area contributed by atoms with Crippen LogP contribution in [0.1, 0.15) is 17.3 Å². The lowest BCUT2D eigenvalue weighted by Gasteiger charge is -1.97. The van der Waals surface area contributed by atoms with Crippen LogP contribution >= 0.6 is 0 Å². The molecule has 2 rings (SSSR count). The molecule has 6 heteroatoms. The van der Waals surface area contributed by atoms with E-state index in [9.17, 15) is 8.78 Å². The summed E-state index contributed by atoms with van der Waals surface area (Å²) in [6.07, 6.45) is 0.238. The van der Waals surface area contributed by atoms with Gasteiger partial charge in [-0.25, -0.2) is 8.78 Å². The van der Waals surface area contributed by atoms with E-state index < -0.39 is 11.6 Å². The molecule has 1 aromatic heterocycles. The number of rotatable bonds is 4. The van der Waals surface area contributed by atoms with Crippen molar-refractivity contribution >= 4 is 0 Å². The monoisotopic (exact) mass is 239 g/mol. The predicted octanol–water partition coefficient (Wildman–Crippen LogP) is 1.66. The summed E-state index contributed by atoms with van der Waals surface area (Å²) in [6.45, 7) is 0.463. The van der Waals surface area contributed by atoms with Gasteiger partial charge in [-0.1, -0.05) is 5.16 Å². The Morgan fingerprint density at radius 2 is 1.94 bits per heavy atom. The summed E-state index contributed by atoms with van der Waals surface area (Å²) in [5.41, 5.74) is 0.472. The van der Waals surface area contributed by atoms with Crippen molar-refractivity contribution in [3.8, 4) is 0 Å². The first kappa shape index (κ1) is 11.7. The molecule has 0 saturated carbocycles. The van der Waals surface area contributed by atoms with Crippen LogP contribution < -0.4 is 5.32 Å². The number of aromatic nitrogens is 2. The lowest BCUT2D eigenvalue weighted by atomic mass is 10.1. The average Bonchev–Trinajstić information content (AvgIpc) is 2.64. The summed E-state index contributed by atoms with van der Waals surface area (Å²) in [5, 5.41) is 6.58. The van der Waals surface area contributed by atoms with E-state index >= 15 is 0 Å². The average molecular weight is 239 g/mol. The molecule has 0 radical (unpaired) electrons. The summed E-state index contributed by atoms with van der Waals surface area (Å²) < 4.78 is 30.8. The van der Waals surface area contributed by atoms with Crippen LogP contribution in [0.2, 0.25) is 0 Å². The zero-order valence-corrected chi connectivity index (χ0v) is 9.20. The Kier molecular flexibility index (Phi) is 3.43. The fourth-order valence-corrected chi connectivity index (χ4v) is 1.48. The molecule has 2 aromatic rings. The largest absolute Gasteiger partial charge is 0.338 e. The summed E-state index contributed by atoms with van der Waals surface area (Å²) in [5.74, 6) is -0.377. The number of hydrogen-bond acceptors (Lipinski definition) is 4. The number of halogens is 2. The van der Waals surface area contributed by atoms with Crippen LogP contribution in [0.5, 0.6) is 0 Å². The van der Waals surface area contributed by atoms with Gasteiger partial charge in [0.2, 0.25) is 5.89 Å². The summed E-state index contributed by atoms with van der Waals surface area (Å²) in [7, 11) is 1.76. The molecule has 0 bridgehead atoms. The smallest absolute Gasteiger partial charge is 0.240 e. The predicted molar refractivity (Wildman–Crippen MR) is 56.2 cm³/mol. The molecular formula is C11H11F2N3O. The van der Waals surface area contributed by atoms with E-state index in [1.807, 2.05) is 0 Å². The van der Waals surface area contributed by atoms with Gasteiger partial charge in [-0.3, -0.25) is 0 Å². The third-order valence-electron chi connectivity index (χ3n) is 2.12. The van der Waals surface area contributed by atoms with E-state index in [0.29, 0.717) is 23.8 Å².